The number of amides is 2. The van der Waals surface area contributed by atoms with Gasteiger partial charge in [-0.2, -0.15) is 0 Å². The molecule has 0 aliphatic rings. The van der Waals surface area contributed by atoms with Crippen molar-refractivity contribution >= 4 is 18.2 Å². The smallest absolute Gasteiger partial charge is 0.412 e. The van der Waals surface area contributed by atoms with Crippen molar-refractivity contribution in [3.05, 3.63) is 0 Å². The molecule has 0 saturated heterocycles. The second-order valence-corrected chi connectivity index (χ2v) is 3.21. The summed E-state index contributed by atoms with van der Waals surface area (Å²) in [6.45, 7) is 2.34. The Bertz CT molecular complexity index is 282. The van der Waals surface area contributed by atoms with Crippen molar-refractivity contribution in [3.8, 4) is 0 Å². The fourth-order valence-electron chi connectivity index (χ4n) is 0.750. The molecule has 86 valence electrons. The molecule has 0 aromatic rings. The molecule has 15 heavy (non-hydrogen) atoms. The lowest BCUT2D eigenvalue weighted by Crippen LogP contribution is -2.48. The van der Waals surface area contributed by atoms with Crippen LogP contribution >= 0.6 is 0 Å². The maximum absolute atomic E-state index is 11.1. The number of nitrogens with two attached hydrogens (primary N) is 2. The molecule has 0 spiro atoms. The molecule has 5 N–H and O–H groups in total. The van der Waals surface area contributed by atoms with E-state index in [2.05, 4.69) is 20.9 Å². The fourth-order valence-corrected chi connectivity index (χ4v) is 0.750. The zero-order valence-electron chi connectivity index (χ0n) is 8.22. The highest BCUT2D eigenvalue weighted by Crippen LogP contribution is 2.14. The molecule has 0 rings (SSSR count). The summed E-state index contributed by atoms with van der Waals surface area (Å²) in [5, 5.41) is 9.42. The molecule has 0 saturated carbocycles. The van der Waals surface area contributed by atoms with Crippen LogP contribution in [0, 0.1) is 0 Å². The normalized spacial score (nSPS) is 12.7. The van der Waals surface area contributed by atoms with Crippen LogP contribution in [0.25, 0.3) is 0 Å². The van der Waals surface area contributed by atoms with E-state index in [9.17, 15) is 19.5 Å². The van der Waals surface area contributed by atoms with Crippen LogP contribution in [-0.2, 0) is 14.3 Å². The zero-order chi connectivity index (χ0) is 12.2. The first-order chi connectivity index (χ1) is 6.64. The molecule has 8 heteroatoms. The van der Waals surface area contributed by atoms with E-state index in [1.165, 1.54) is 13.8 Å². The highest BCUT2D eigenvalue weighted by molar-refractivity contribution is 5.88. The largest absolute Gasteiger partial charge is 0.431 e. The molecule has 0 aliphatic carbocycles. The van der Waals surface area contributed by atoms with Gasteiger partial charge in [0.25, 0.3) is 0 Å². The molecule has 0 fully saturated rings. The second-order valence-electron chi connectivity index (χ2n) is 3.21. The molecule has 1 atom stereocenters. The Morgan fingerprint density at radius 3 is 1.93 bits per heavy atom. The van der Waals surface area contributed by atoms with Crippen molar-refractivity contribution in [3.63, 3.8) is 0 Å². The summed E-state index contributed by atoms with van der Waals surface area (Å²) in [4.78, 5) is 31.8. The highest BCUT2D eigenvalue weighted by Gasteiger charge is 2.38. The van der Waals surface area contributed by atoms with Gasteiger partial charge in [0.1, 0.15) is 5.60 Å². The molecule has 0 radical (unpaired) electrons. The standard InChI is InChI=1S/C7H12N2O6/c1-7(2,13)3(14-5(8)11)4(10)15-6(9)12/h3,13H,1-2H3,(H2,8,11)(H2,9,12). The van der Waals surface area contributed by atoms with Gasteiger partial charge in [-0.25, -0.2) is 14.4 Å². The van der Waals surface area contributed by atoms with Crippen molar-refractivity contribution < 1.29 is 29.0 Å². The van der Waals surface area contributed by atoms with Gasteiger partial charge in [0, 0.05) is 0 Å². The minimum Gasteiger partial charge on any atom is -0.431 e. The number of primary amides is 2. The summed E-state index contributed by atoms with van der Waals surface area (Å²) in [7, 11) is 0. The third-order valence-electron chi connectivity index (χ3n) is 1.29. The highest BCUT2D eigenvalue weighted by atomic mass is 16.6. The predicted molar refractivity (Wildman–Crippen MR) is 46.4 cm³/mol. The first-order valence-electron chi connectivity index (χ1n) is 3.84. The number of esters is 1. The predicted octanol–water partition coefficient (Wildman–Crippen LogP) is -1.16. The molecule has 0 bridgehead atoms. The molecule has 0 heterocycles. The summed E-state index contributed by atoms with van der Waals surface area (Å²) in [6.07, 6.45) is -4.38. The summed E-state index contributed by atoms with van der Waals surface area (Å²) < 4.78 is 8.23. The van der Waals surface area contributed by atoms with E-state index in [4.69, 9.17) is 0 Å². The lowest BCUT2D eigenvalue weighted by Gasteiger charge is -2.25. The van der Waals surface area contributed by atoms with Gasteiger partial charge in [0.05, 0.1) is 0 Å². The van der Waals surface area contributed by atoms with Gasteiger partial charge in [-0.05, 0) is 13.8 Å². The van der Waals surface area contributed by atoms with Crippen molar-refractivity contribution in [2.45, 2.75) is 25.6 Å². The summed E-state index contributed by atoms with van der Waals surface area (Å²) in [6, 6.07) is 0. The van der Waals surface area contributed by atoms with Crippen LogP contribution < -0.4 is 11.5 Å². The van der Waals surface area contributed by atoms with Crippen molar-refractivity contribution in [2.24, 2.45) is 11.5 Å². The second kappa shape index (κ2) is 4.60. The third-order valence-corrected chi connectivity index (χ3v) is 1.29. The van der Waals surface area contributed by atoms with Gasteiger partial charge in [-0.3, -0.25) is 0 Å². The van der Waals surface area contributed by atoms with Gasteiger partial charge in [0.15, 0.2) is 0 Å². The number of ether oxygens (including phenoxy) is 2. The first-order valence-corrected chi connectivity index (χ1v) is 3.84. The van der Waals surface area contributed by atoms with E-state index in [1.54, 1.807) is 0 Å². The van der Waals surface area contributed by atoms with E-state index in [-0.39, 0.29) is 0 Å². The number of carbonyl (C=O) groups is 3. The number of hydrogen-bond donors (Lipinski definition) is 3. The Hall–Kier alpha value is -1.83. The van der Waals surface area contributed by atoms with Crippen molar-refractivity contribution in [2.75, 3.05) is 0 Å². The average molecular weight is 220 g/mol. The van der Waals surface area contributed by atoms with Crippen LogP contribution in [0.15, 0.2) is 0 Å². The summed E-state index contributed by atoms with van der Waals surface area (Å²) in [5.41, 5.74) is 7.48. The Kier molecular flexibility index (Phi) is 4.04. The lowest BCUT2D eigenvalue weighted by molar-refractivity contribution is -0.159. The number of aliphatic hydroxyl groups is 1. The molecule has 0 aromatic carbocycles. The minimum absolute atomic E-state index is 1.17. The quantitative estimate of drug-likeness (QED) is 0.404. The van der Waals surface area contributed by atoms with Crippen molar-refractivity contribution in [1.29, 1.82) is 0 Å². The van der Waals surface area contributed by atoms with Gasteiger partial charge in [0.2, 0.25) is 6.10 Å². The molecule has 8 nitrogen and oxygen atoms in total. The topological polar surface area (TPSA) is 142 Å². The number of carbonyl (C=O) groups excluding carboxylic acids is 3. The number of rotatable bonds is 3. The molecule has 0 aromatic heterocycles. The van der Waals surface area contributed by atoms with E-state index in [0.29, 0.717) is 0 Å². The summed E-state index contributed by atoms with van der Waals surface area (Å²) >= 11 is 0. The maximum Gasteiger partial charge on any atom is 0.412 e. The van der Waals surface area contributed by atoms with E-state index < -0.39 is 29.9 Å². The molecule has 1 unspecified atom stereocenters. The number of hydrogen-bond acceptors (Lipinski definition) is 6. The van der Waals surface area contributed by atoms with Crippen molar-refractivity contribution in [1.82, 2.24) is 0 Å². The van der Waals surface area contributed by atoms with Crippen LogP contribution in [0.3, 0.4) is 0 Å². The van der Waals surface area contributed by atoms with Gasteiger partial charge < -0.3 is 26.0 Å². The third kappa shape index (κ3) is 4.81. The maximum atomic E-state index is 11.1. The molecular formula is C7H12N2O6. The lowest BCUT2D eigenvalue weighted by atomic mass is 10.0. The monoisotopic (exact) mass is 220 g/mol. The van der Waals surface area contributed by atoms with E-state index >= 15 is 0 Å². The average Bonchev–Trinajstić information content (AvgIpc) is 1.95. The molecule has 2 amide bonds. The van der Waals surface area contributed by atoms with Crippen LogP contribution in [0.2, 0.25) is 0 Å². The van der Waals surface area contributed by atoms with E-state index in [0.717, 1.165) is 0 Å². The van der Waals surface area contributed by atoms with Gasteiger partial charge in [-0.15, -0.1) is 0 Å². The zero-order valence-corrected chi connectivity index (χ0v) is 8.22. The summed E-state index contributed by atoms with van der Waals surface area (Å²) in [5.74, 6) is -1.30. The molecular weight excluding hydrogens is 208 g/mol. The first kappa shape index (κ1) is 13.2. The Balaban J connectivity index is 4.71. The van der Waals surface area contributed by atoms with Crippen LogP contribution in [0.5, 0.6) is 0 Å². The van der Waals surface area contributed by atoms with Crippen LogP contribution in [0.4, 0.5) is 9.59 Å². The van der Waals surface area contributed by atoms with Crippen LogP contribution in [-0.4, -0.2) is 35.0 Å². The fraction of sp³-hybridized carbons (Fsp3) is 0.571. The minimum atomic E-state index is -1.75. The molecule has 0 aliphatic heterocycles. The Morgan fingerprint density at radius 2 is 1.67 bits per heavy atom. The Morgan fingerprint density at radius 1 is 1.20 bits per heavy atom. The van der Waals surface area contributed by atoms with Crippen LogP contribution in [0.1, 0.15) is 13.8 Å². The van der Waals surface area contributed by atoms with Gasteiger partial charge in [-0.1, -0.05) is 0 Å². The van der Waals surface area contributed by atoms with E-state index in [1.807, 2.05) is 0 Å². The Labute approximate surface area is 85.1 Å². The van der Waals surface area contributed by atoms with Gasteiger partial charge >= 0.3 is 18.2 Å². The SMILES string of the molecule is CC(C)(O)C(OC(N)=O)C(=O)OC(N)=O.